The molecule has 0 unspecified atom stereocenters. The van der Waals surface area contributed by atoms with Crippen molar-refractivity contribution in [1.82, 2.24) is 4.98 Å². The van der Waals surface area contributed by atoms with E-state index in [0.717, 1.165) is 4.47 Å². The molecule has 0 bridgehead atoms. The Hall–Kier alpha value is -1.70. The Morgan fingerprint density at radius 1 is 1.12 bits per heavy atom. The van der Waals surface area contributed by atoms with Crippen LogP contribution in [0.2, 0.25) is 0 Å². The van der Waals surface area contributed by atoms with Gasteiger partial charge in [-0.25, -0.2) is 4.39 Å². The molecule has 1 fully saturated rings. The van der Waals surface area contributed by atoms with E-state index in [-0.39, 0.29) is 5.57 Å². The maximum atomic E-state index is 15.7. The molecule has 2 aromatic rings. The van der Waals surface area contributed by atoms with E-state index in [1.807, 2.05) is 33.8 Å². The van der Waals surface area contributed by atoms with Gasteiger partial charge in [0, 0.05) is 27.5 Å². The first-order valence-corrected chi connectivity index (χ1v) is 9.14. The second-order valence-corrected chi connectivity index (χ2v) is 8.17. The summed E-state index contributed by atoms with van der Waals surface area (Å²) in [4.78, 5) is 4.31. The highest BCUT2D eigenvalue weighted by atomic mass is 79.9. The lowest BCUT2D eigenvalue weighted by Crippen LogP contribution is -2.41. The van der Waals surface area contributed by atoms with Crippen molar-refractivity contribution >= 4 is 34.3 Å². The van der Waals surface area contributed by atoms with Crippen LogP contribution >= 0.6 is 15.9 Å². The van der Waals surface area contributed by atoms with Gasteiger partial charge in [0.2, 0.25) is 0 Å². The molecule has 2 heterocycles. The van der Waals surface area contributed by atoms with Gasteiger partial charge < -0.3 is 15.0 Å². The van der Waals surface area contributed by atoms with E-state index in [1.165, 1.54) is 0 Å². The minimum absolute atomic E-state index is 0.267. The number of aromatic nitrogens is 1. The first kappa shape index (κ1) is 19.1. The molecule has 0 spiro atoms. The Balaban J connectivity index is 2.18. The lowest BCUT2D eigenvalue weighted by Gasteiger charge is -2.32. The molecular weight excluding hydrogens is 398 g/mol. The summed E-state index contributed by atoms with van der Waals surface area (Å²) in [5.74, 6) is 0. The number of hydrogen-bond donors (Lipinski definition) is 1. The number of anilines is 1. The molecule has 1 aliphatic rings. The first-order valence-electron chi connectivity index (χ1n) is 8.34. The predicted molar refractivity (Wildman–Crippen MR) is 106 cm³/mol. The van der Waals surface area contributed by atoms with Crippen LogP contribution in [0.4, 0.5) is 10.1 Å². The minimum atomic E-state index is -1.13. The summed E-state index contributed by atoms with van der Waals surface area (Å²) in [6.07, 6.45) is 1.61. The van der Waals surface area contributed by atoms with Crippen LogP contribution in [-0.2, 0) is 9.31 Å². The summed E-state index contributed by atoms with van der Waals surface area (Å²) < 4.78 is 28.2. The summed E-state index contributed by atoms with van der Waals surface area (Å²) in [7, 11) is -1.13. The normalized spacial score (nSPS) is 19.4. The van der Waals surface area contributed by atoms with E-state index in [0.29, 0.717) is 16.9 Å². The third-order valence-corrected chi connectivity index (χ3v) is 5.40. The molecule has 0 amide bonds. The van der Waals surface area contributed by atoms with Crippen molar-refractivity contribution in [1.29, 1.82) is 0 Å². The zero-order chi connectivity index (χ0) is 19.1. The standard InChI is InChI=1S/C19H21BBrFN2O2/c1-18(2)19(3,4)26-20(25-18)17(22)16(15-7-5-6-10-24-15)13-11-12(21)8-9-14(13)23/h5-11H,23H2,1-4H3. The summed E-state index contributed by atoms with van der Waals surface area (Å²) in [5, 5.41) is 0. The number of halogens is 2. The molecule has 26 heavy (non-hydrogen) atoms. The molecule has 0 radical (unpaired) electrons. The van der Waals surface area contributed by atoms with Gasteiger partial charge in [0.25, 0.3) is 0 Å². The second-order valence-electron chi connectivity index (χ2n) is 7.26. The fourth-order valence-electron chi connectivity index (χ4n) is 2.71. The van der Waals surface area contributed by atoms with E-state index >= 15 is 4.39 Å². The minimum Gasteiger partial charge on any atom is -0.398 e. The Bertz CT molecular complexity index is 840. The predicted octanol–water partition coefficient (Wildman–Crippen LogP) is 4.79. The van der Waals surface area contributed by atoms with Crippen LogP contribution in [0.5, 0.6) is 0 Å². The molecule has 0 atom stereocenters. The summed E-state index contributed by atoms with van der Waals surface area (Å²) in [6.45, 7) is 7.53. The fraction of sp³-hybridized carbons (Fsp3) is 0.316. The van der Waals surface area contributed by atoms with Crippen LogP contribution in [0.25, 0.3) is 5.57 Å². The lowest BCUT2D eigenvalue weighted by atomic mass is 9.81. The largest absolute Gasteiger partial charge is 0.525 e. The molecule has 0 aliphatic carbocycles. The Kier molecular flexibility index (Phi) is 4.99. The molecule has 4 nitrogen and oxygen atoms in total. The summed E-state index contributed by atoms with van der Waals surface area (Å²) in [6, 6.07) is 10.6. The molecule has 2 N–H and O–H groups in total. The average Bonchev–Trinajstić information content (AvgIpc) is 2.80. The molecule has 0 saturated carbocycles. The quantitative estimate of drug-likeness (QED) is 0.575. The van der Waals surface area contributed by atoms with Crippen LogP contribution < -0.4 is 5.73 Å². The summed E-state index contributed by atoms with van der Waals surface area (Å²) in [5.41, 5.74) is 6.01. The average molecular weight is 419 g/mol. The first-order chi connectivity index (χ1) is 12.1. The topological polar surface area (TPSA) is 57.4 Å². The van der Waals surface area contributed by atoms with Crippen LogP contribution in [0.3, 0.4) is 0 Å². The lowest BCUT2D eigenvalue weighted by molar-refractivity contribution is 0.00578. The van der Waals surface area contributed by atoms with Gasteiger partial charge in [-0.2, -0.15) is 0 Å². The zero-order valence-corrected chi connectivity index (χ0v) is 16.8. The Labute approximate surface area is 161 Å². The van der Waals surface area contributed by atoms with Crippen molar-refractivity contribution in [3.63, 3.8) is 0 Å². The van der Waals surface area contributed by atoms with Gasteiger partial charge in [0.15, 0.2) is 0 Å². The van der Waals surface area contributed by atoms with Crippen LogP contribution in [-0.4, -0.2) is 23.3 Å². The molecule has 1 aromatic heterocycles. The smallest absolute Gasteiger partial charge is 0.398 e. The highest BCUT2D eigenvalue weighted by molar-refractivity contribution is 9.10. The number of pyridine rings is 1. The van der Waals surface area contributed by atoms with E-state index < -0.39 is 24.0 Å². The van der Waals surface area contributed by atoms with Crippen molar-refractivity contribution in [3.05, 3.63) is 64.1 Å². The van der Waals surface area contributed by atoms with E-state index in [1.54, 1.807) is 36.5 Å². The molecule has 136 valence electrons. The maximum Gasteiger partial charge on any atom is 0.525 e. The van der Waals surface area contributed by atoms with E-state index in [4.69, 9.17) is 15.0 Å². The van der Waals surface area contributed by atoms with Crippen molar-refractivity contribution in [2.24, 2.45) is 0 Å². The van der Waals surface area contributed by atoms with E-state index in [9.17, 15) is 0 Å². The number of nitrogens with two attached hydrogens (primary N) is 1. The van der Waals surface area contributed by atoms with E-state index in [2.05, 4.69) is 20.9 Å². The van der Waals surface area contributed by atoms with Crippen molar-refractivity contribution in [2.75, 3.05) is 5.73 Å². The van der Waals surface area contributed by atoms with Gasteiger partial charge >= 0.3 is 7.12 Å². The molecule has 1 saturated heterocycles. The molecular formula is C19H21BBrFN2O2. The highest BCUT2D eigenvalue weighted by Crippen LogP contribution is 2.42. The fourth-order valence-corrected chi connectivity index (χ4v) is 3.07. The van der Waals surface area contributed by atoms with Crippen LogP contribution in [0.1, 0.15) is 39.0 Å². The van der Waals surface area contributed by atoms with Crippen molar-refractivity contribution < 1.29 is 13.7 Å². The highest BCUT2D eigenvalue weighted by Gasteiger charge is 2.53. The van der Waals surface area contributed by atoms with Gasteiger partial charge in [-0.3, -0.25) is 4.98 Å². The number of nitrogen functional groups attached to an aromatic ring is 1. The number of rotatable bonds is 3. The van der Waals surface area contributed by atoms with Crippen LogP contribution in [0.15, 0.2) is 52.8 Å². The second kappa shape index (κ2) is 6.80. The summed E-state index contributed by atoms with van der Waals surface area (Å²) >= 11 is 3.42. The van der Waals surface area contributed by atoms with Gasteiger partial charge in [0.05, 0.1) is 16.9 Å². The monoisotopic (exact) mass is 418 g/mol. The Morgan fingerprint density at radius 3 is 2.35 bits per heavy atom. The molecule has 1 aromatic carbocycles. The number of benzene rings is 1. The van der Waals surface area contributed by atoms with Gasteiger partial charge in [-0.05, 0) is 58.0 Å². The maximum absolute atomic E-state index is 15.7. The SMILES string of the molecule is CC1(C)OB(C(F)=C(c2ccccn2)c2cc(Br)ccc2N)OC1(C)C. The van der Waals surface area contributed by atoms with Gasteiger partial charge in [0.1, 0.15) is 5.73 Å². The number of nitrogens with zero attached hydrogens (tertiary/aromatic N) is 1. The van der Waals surface area contributed by atoms with Crippen molar-refractivity contribution in [3.8, 4) is 0 Å². The molecule has 1 aliphatic heterocycles. The number of hydrogen-bond acceptors (Lipinski definition) is 4. The van der Waals surface area contributed by atoms with Gasteiger partial charge in [-0.1, -0.05) is 22.0 Å². The zero-order valence-electron chi connectivity index (χ0n) is 15.2. The Morgan fingerprint density at radius 2 is 1.77 bits per heavy atom. The van der Waals surface area contributed by atoms with Crippen LogP contribution in [0, 0.1) is 0 Å². The molecule has 7 heteroatoms. The molecule has 3 rings (SSSR count). The third-order valence-electron chi connectivity index (χ3n) is 4.90. The third kappa shape index (κ3) is 3.43. The van der Waals surface area contributed by atoms with Crippen molar-refractivity contribution in [2.45, 2.75) is 38.9 Å². The van der Waals surface area contributed by atoms with Gasteiger partial charge in [-0.15, -0.1) is 0 Å².